The van der Waals surface area contributed by atoms with Crippen molar-refractivity contribution in [3.63, 3.8) is 0 Å². The van der Waals surface area contributed by atoms with Gasteiger partial charge in [0.05, 0.1) is 12.2 Å². The summed E-state index contributed by atoms with van der Waals surface area (Å²) in [5.74, 6) is 0.431. The van der Waals surface area contributed by atoms with E-state index in [9.17, 15) is 9.90 Å². The van der Waals surface area contributed by atoms with Crippen LogP contribution in [0.4, 0.5) is 0 Å². The van der Waals surface area contributed by atoms with E-state index in [0.717, 1.165) is 0 Å². The Hall–Kier alpha value is -1.51. The molecule has 0 atom stereocenters. The van der Waals surface area contributed by atoms with E-state index in [1.807, 2.05) is 6.92 Å². The summed E-state index contributed by atoms with van der Waals surface area (Å²) in [7, 11) is 0. The summed E-state index contributed by atoms with van der Waals surface area (Å²) in [6, 6.07) is 4.63. The normalized spacial score (nSPS) is 9.69. The van der Waals surface area contributed by atoms with Gasteiger partial charge in [-0.1, -0.05) is 0 Å². The number of rotatable bonds is 3. The predicted octanol–water partition coefficient (Wildman–Crippen LogP) is 1.99. The zero-order chi connectivity index (χ0) is 9.84. The fourth-order valence-corrected chi connectivity index (χ4v) is 1.05. The summed E-state index contributed by atoms with van der Waals surface area (Å²) >= 11 is 0. The summed E-state index contributed by atoms with van der Waals surface area (Å²) in [4.78, 5) is 11.0. The fourth-order valence-electron chi connectivity index (χ4n) is 1.05. The first-order valence-corrected chi connectivity index (χ1v) is 4.12. The van der Waals surface area contributed by atoms with Crippen LogP contribution >= 0.6 is 0 Å². The topological polar surface area (TPSA) is 46.5 Å². The molecule has 1 rings (SSSR count). The van der Waals surface area contributed by atoms with E-state index in [1.165, 1.54) is 13.0 Å². The first-order chi connectivity index (χ1) is 6.15. The number of carbonyl (C=O) groups is 1. The molecule has 3 nitrogen and oxygen atoms in total. The van der Waals surface area contributed by atoms with Gasteiger partial charge in [0.1, 0.15) is 11.5 Å². The maximum atomic E-state index is 11.0. The molecule has 0 radical (unpaired) electrons. The molecular formula is C10H12O3. The lowest BCUT2D eigenvalue weighted by molar-refractivity contribution is 0.101. The third-order valence-corrected chi connectivity index (χ3v) is 1.66. The molecule has 0 aromatic heterocycles. The summed E-state index contributed by atoms with van der Waals surface area (Å²) in [6.45, 7) is 3.81. The van der Waals surface area contributed by atoms with Crippen LogP contribution in [-0.4, -0.2) is 17.5 Å². The van der Waals surface area contributed by atoms with E-state index in [0.29, 0.717) is 17.9 Å². The van der Waals surface area contributed by atoms with Crippen LogP contribution in [0.25, 0.3) is 0 Å². The van der Waals surface area contributed by atoms with Gasteiger partial charge in [-0.15, -0.1) is 0 Å². The first-order valence-electron chi connectivity index (χ1n) is 4.12. The summed E-state index contributed by atoms with van der Waals surface area (Å²) in [5, 5.41) is 9.30. The Bertz CT molecular complexity index is 318. The van der Waals surface area contributed by atoms with Crippen LogP contribution in [0.15, 0.2) is 18.2 Å². The van der Waals surface area contributed by atoms with Crippen molar-refractivity contribution in [1.29, 1.82) is 0 Å². The van der Waals surface area contributed by atoms with E-state index in [2.05, 4.69) is 0 Å². The third-order valence-electron chi connectivity index (χ3n) is 1.66. The van der Waals surface area contributed by atoms with E-state index in [4.69, 9.17) is 4.74 Å². The Kier molecular flexibility index (Phi) is 2.90. The van der Waals surface area contributed by atoms with Crippen LogP contribution in [0.3, 0.4) is 0 Å². The van der Waals surface area contributed by atoms with Crippen molar-refractivity contribution in [2.75, 3.05) is 6.61 Å². The average Bonchev–Trinajstić information content (AvgIpc) is 2.08. The van der Waals surface area contributed by atoms with Crippen molar-refractivity contribution in [2.24, 2.45) is 0 Å². The number of benzene rings is 1. The molecule has 0 aliphatic rings. The smallest absolute Gasteiger partial charge is 0.163 e. The molecule has 0 saturated carbocycles. The lowest BCUT2D eigenvalue weighted by Gasteiger charge is -2.05. The number of ether oxygens (including phenoxy) is 1. The second kappa shape index (κ2) is 3.94. The highest BCUT2D eigenvalue weighted by molar-refractivity contribution is 5.97. The Labute approximate surface area is 77.0 Å². The second-order valence-electron chi connectivity index (χ2n) is 2.67. The minimum absolute atomic E-state index is 0.00375. The minimum Gasteiger partial charge on any atom is -0.507 e. The van der Waals surface area contributed by atoms with Gasteiger partial charge in [-0.3, -0.25) is 4.79 Å². The zero-order valence-electron chi connectivity index (χ0n) is 7.70. The van der Waals surface area contributed by atoms with Gasteiger partial charge in [0, 0.05) is 0 Å². The summed E-state index contributed by atoms with van der Waals surface area (Å²) < 4.78 is 5.19. The lowest BCUT2D eigenvalue weighted by atomic mass is 10.1. The van der Waals surface area contributed by atoms with Gasteiger partial charge in [0.2, 0.25) is 0 Å². The standard InChI is InChI=1S/C10H12O3/c1-3-13-8-4-5-10(12)9(6-8)7(2)11/h4-6,12H,3H2,1-2H3. The Morgan fingerprint density at radius 2 is 2.23 bits per heavy atom. The molecule has 0 aliphatic carbocycles. The van der Waals surface area contributed by atoms with Gasteiger partial charge < -0.3 is 9.84 Å². The highest BCUT2D eigenvalue weighted by Gasteiger charge is 2.07. The number of hydrogen-bond donors (Lipinski definition) is 1. The van der Waals surface area contributed by atoms with Crippen LogP contribution in [0, 0.1) is 0 Å². The molecular weight excluding hydrogens is 168 g/mol. The molecule has 70 valence electrons. The van der Waals surface area contributed by atoms with Crippen molar-refractivity contribution in [3.05, 3.63) is 23.8 Å². The molecule has 0 aliphatic heterocycles. The quantitative estimate of drug-likeness (QED) is 0.723. The molecule has 13 heavy (non-hydrogen) atoms. The van der Waals surface area contributed by atoms with Crippen molar-refractivity contribution in [3.8, 4) is 11.5 Å². The molecule has 1 aromatic rings. The van der Waals surface area contributed by atoms with Gasteiger partial charge >= 0.3 is 0 Å². The monoisotopic (exact) mass is 180 g/mol. The largest absolute Gasteiger partial charge is 0.507 e. The van der Waals surface area contributed by atoms with Crippen LogP contribution in [0.5, 0.6) is 11.5 Å². The number of ketones is 1. The third kappa shape index (κ3) is 2.21. The number of hydrogen-bond acceptors (Lipinski definition) is 3. The van der Waals surface area contributed by atoms with Gasteiger partial charge in [0.25, 0.3) is 0 Å². The highest BCUT2D eigenvalue weighted by atomic mass is 16.5. The van der Waals surface area contributed by atoms with Crippen LogP contribution in [0.1, 0.15) is 24.2 Å². The number of Topliss-reactive ketones (excluding diaryl/α,β-unsaturated/α-hetero) is 1. The molecule has 0 spiro atoms. The van der Waals surface area contributed by atoms with Gasteiger partial charge in [-0.2, -0.15) is 0 Å². The Balaban J connectivity index is 3.04. The van der Waals surface area contributed by atoms with Gasteiger partial charge in [-0.25, -0.2) is 0 Å². The minimum atomic E-state index is -0.168. The average molecular weight is 180 g/mol. The number of phenols is 1. The van der Waals surface area contributed by atoms with Crippen molar-refractivity contribution < 1.29 is 14.6 Å². The molecule has 1 aromatic carbocycles. The zero-order valence-corrected chi connectivity index (χ0v) is 7.70. The molecule has 0 heterocycles. The molecule has 1 N–H and O–H groups in total. The van der Waals surface area contributed by atoms with E-state index >= 15 is 0 Å². The van der Waals surface area contributed by atoms with Crippen molar-refractivity contribution >= 4 is 5.78 Å². The van der Waals surface area contributed by atoms with Crippen molar-refractivity contribution in [1.82, 2.24) is 0 Å². The number of carbonyl (C=O) groups excluding carboxylic acids is 1. The van der Waals surface area contributed by atoms with Crippen molar-refractivity contribution in [2.45, 2.75) is 13.8 Å². The maximum absolute atomic E-state index is 11.0. The SMILES string of the molecule is CCOc1ccc(O)c(C(C)=O)c1. The number of phenolic OH excluding ortho intramolecular Hbond substituents is 1. The van der Waals surface area contributed by atoms with Crippen LogP contribution in [0.2, 0.25) is 0 Å². The van der Waals surface area contributed by atoms with E-state index in [1.54, 1.807) is 12.1 Å². The van der Waals surface area contributed by atoms with Gasteiger partial charge in [-0.05, 0) is 32.0 Å². The molecule has 0 fully saturated rings. The van der Waals surface area contributed by atoms with E-state index in [-0.39, 0.29) is 11.5 Å². The number of aromatic hydroxyl groups is 1. The lowest BCUT2D eigenvalue weighted by Crippen LogP contribution is -1.96. The second-order valence-corrected chi connectivity index (χ2v) is 2.67. The van der Waals surface area contributed by atoms with Crippen LogP contribution in [-0.2, 0) is 0 Å². The summed E-state index contributed by atoms with van der Waals surface area (Å²) in [6.07, 6.45) is 0. The highest BCUT2D eigenvalue weighted by Crippen LogP contribution is 2.23. The van der Waals surface area contributed by atoms with E-state index < -0.39 is 0 Å². The molecule has 0 unspecified atom stereocenters. The Morgan fingerprint density at radius 3 is 2.77 bits per heavy atom. The first kappa shape index (κ1) is 9.58. The van der Waals surface area contributed by atoms with Gasteiger partial charge in [0.15, 0.2) is 5.78 Å². The fraction of sp³-hybridized carbons (Fsp3) is 0.300. The summed E-state index contributed by atoms with van der Waals surface area (Å²) in [5.41, 5.74) is 0.297. The molecule has 0 bridgehead atoms. The maximum Gasteiger partial charge on any atom is 0.163 e. The molecule has 0 saturated heterocycles. The van der Waals surface area contributed by atoms with Crippen LogP contribution < -0.4 is 4.74 Å². The molecule has 0 amide bonds. The predicted molar refractivity (Wildman–Crippen MR) is 49.3 cm³/mol. The molecule has 3 heteroatoms. The Morgan fingerprint density at radius 1 is 1.54 bits per heavy atom.